The van der Waals surface area contributed by atoms with Gasteiger partial charge in [-0.15, -0.1) is 0 Å². The number of aromatic nitrogens is 4. The van der Waals surface area contributed by atoms with Gasteiger partial charge in [0, 0.05) is 11.4 Å². The number of nitrogens with zero attached hydrogens (tertiary/aromatic N) is 5. The monoisotopic (exact) mass is 513 g/mol. The standard InChI is InChI=1S/C16H25N4O.C6H18NSi2.Zn/c1-10-8-12(3)19(17-10)15(14(21)16(5,6)7)20-13(4)9-11(2)18-20;1-8(2,3)7-9(4,5)6;/h8-9,14-15H,1-7H3;1-6H3;/q2*-1;+2/t14-;;/m0../s1. The van der Waals surface area contributed by atoms with Crippen molar-refractivity contribution in [1.82, 2.24) is 19.6 Å². The molecule has 0 aliphatic carbocycles. The van der Waals surface area contributed by atoms with Crippen LogP contribution in [-0.4, -0.2) is 42.1 Å². The summed E-state index contributed by atoms with van der Waals surface area (Å²) in [6.07, 6.45) is -1.30. The minimum Gasteiger partial charge on any atom is -0.849 e. The summed E-state index contributed by atoms with van der Waals surface area (Å²) in [6, 6.07) is 3.99. The molecule has 0 aromatic carbocycles. The molecule has 0 saturated carbocycles. The van der Waals surface area contributed by atoms with Crippen LogP contribution < -0.4 is 5.11 Å². The zero-order valence-electron chi connectivity index (χ0n) is 22.2. The molecule has 31 heavy (non-hydrogen) atoms. The van der Waals surface area contributed by atoms with E-state index in [1.165, 1.54) is 0 Å². The van der Waals surface area contributed by atoms with Crippen molar-refractivity contribution in [3.63, 3.8) is 0 Å². The quantitative estimate of drug-likeness (QED) is 0.517. The van der Waals surface area contributed by atoms with Crippen LogP contribution >= 0.6 is 0 Å². The molecule has 0 bridgehead atoms. The van der Waals surface area contributed by atoms with Gasteiger partial charge in [-0.3, -0.25) is 0 Å². The van der Waals surface area contributed by atoms with Crippen LogP contribution in [0.1, 0.15) is 49.7 Å². The second-order valence-corrected chi connectivity index (χ2v) is 21.0. The van der Waals surface area contributed by atoms with Gasteiger partial charge in [-0.05, 0) is 45.2 Å². The third-order valence-electron chi connectivity index (χ3n) is 4.39. The first kappa shape index (κ1) is 30.4. The predicted molar refractivity (Wildman–Crippen MR) is 131 cm³/mol. The van der Waals surface area contributed by atoms with Crippen LogP contribution in [0.4, 0.5) is 0 Å². The molecule has 0 radical (unpaired) electrons. The van der Waals surface area contributed by atoms with E-state index in [-0.39, 0.29) is 24.9 Å². The van der Waals surface area contributed by atoms with E-state index in [0.717, 1.165) is 22.8 Å². The molecule has 0 aliphatic rings. The summed E-state index contributed by atoms with van der Waals surface area (Å²) in [4.78, 5) is 0. The minimum absolute atomic E-state index is 0. The van der Waals surface area contributed by atoms with Gasteiger partial charge in [0.2, 0.25) is 0 Å². The predicted octanol–water partition coefficient (Wildman–Crippen LogP) is 5.16. The molecule has 0 fully saturated rings. The number of hydrogen-bond acceptors (Lipinski definition) is 3. The molecule has 1 atom stereocenters. The molecule has 0 spiro atoms. The van der Waals surface area contributed by atoms with Crippen molar-refractivity contribution < 1.29 is 24.6 Å². The van der Waals surface area contributed by atoms with Crippen molar-refractivity contribution in [3.8, 4) is 0 Å². The normalized spacial score (nSPS) is 13.5. The second kappa shape index (κ2) is 11.0. The summed E-state index contributed by atoms with van der Waals surface area (Å²) in [5.41, 5.74) is 3.41. The van der Waals surface area contributed by atoms with Gasteiger partial charge in [-0.1, -0.05) is 82.6 Å². The SMILES string of the molecule is C[Si](C)(C)[N-][Si](C)(C)C.Cc1cc(C)n(C([C@H]([O-])C(C)(C)C)n2nc(C)cc2C)n1.[Zn+2]. The Hall–Kier alpha value is -0.603. The molecule has 2 heterocycles. The van der Waals surface area contributed by atoms with Crippen molar-refractivity contribution >= 4 is 16.5 Å². The first-order valence-corrected chi connectivity index (χ1v) is 17.7. The molecule has 9 heteroatoms. The number of hydrogen-bond donors (Lipinski definition) is 0. The van der Waals surface area contributed by atoms with Crippen LogP contribution in [0.5, 0.6) is 0 Å². The van der Waals surface area contributed by atoms with E-state index in [1.807, 2.05) is 70.0 Å². The maximum Gasteiger partial charge on any atom is 2.00 e. The zero-order valence-corrected chi connectivity index (χ0v) is 27.1. The second-order valence-electron chi connectivity index (χ2n) is 11.4. The summed E-state index contributed by atoms with van der Waals surface area (Å²) in [7, 11) is -2.21. The van der Waals surface area contributed by atoms with Gasteiger partial charge in [0.25, 0.3) is 0 Å². The van der Waals surface area contributed by atoms with Gasteiger partial charge in [0.05, 0.1) is 11.4 Å². The maximum atomic E-state index is 13.1. The van der Waals surface area contributed by atoms with Crippen LogP contribution in [0.2, 0.25) is 39.3 Å². The summed E-state index contributed by atoms with van der Waals surface area (Å²) >= 11 is 0. The van der Waals surface area contributed by atoms with E-state index >= 15 is 0 Å². The molecule has 0 unspecified atom stereocenters. The molecular formula is C22H43N5OSi2Zn. The zero-order chi connectivity index (χ0) is 23.7. The fourth-order valence-corrected chi connectivity index (χ4v) is 11.7. The van der Waals surface area contributed by atoms with Crippen LogP contribution in [0.25, 0.3) is 4.65 Å². The molecule has 6 nitrogen and oxygen atoms in total. The van der Waals surface area contributed by atoms with Crippen molar-refractivity contribution in [2.24, 2.45) is 5.41 Å². The molecular weight excluding hydrogens is 472 g/mol. The minimum atomic E-state index is -1.11. The van der Waals surface area contributed by atoms with Crippen LogP contribution in [0.15, 0.2) is 12.1 Å². The molecule has 2 aromatic rings. The molecule has 0 N–H and O–H groups in total. The first-order chi connectivity index (χ1) is 13.3. The average Bonchev–Trinajstić information content (AvgIpc) is 2.97. The third kappa shape index (κ3) is 9.82. The molecule has 0 amide bonds. The summed E-state index contributed by atoms with van der Waals surface area (Å²) in [5.74, 6) is 0. The number of aryl methyl sites for hydroxylation is 4. The van der Waals surface area contributed by atoms with Crippen LogP contribution in [0.3, 0.4) is 0 Å². The van der Waals surface area contributed by atoms with E-state index in [0.29, 0.717) is 0 Å². The van der Waals surface area contributed by atoms with Gasteiger partial charge in [-0.25, -0.2) is 9.36 Å². The largest absolute Gasteiger partial charge is 2.00 e. The van der Waals surface area contributed by atoms with E-state index in [9.17, 15) is 5.11 Å². The van der Waals surface area contributed by atoms with E-state index in [1.54, 1.807) is 0 Å². The summed E-state index contributed by atoms with van der Waals surface area (Å²) in [5, 5.41) is 22.1. The smallest absolute Gasteiger partial charge is 0.849 e. The van der Waals surface area contributed by atoms with Gasteiger partial charge in [0.1, 0.15) is 6.17 Å². The molecule has 2 rings (SSSR count). The third-order valence-corrected chi connectivity index (χ3v) is 9.75. The van der Waals surface area contributed by atoms with Gasteiger partial charge >= 0.3 is 19.5 Å². The maximum absolute atomic E-state index is 13.1. The molecule has 2 aromatic heterocycles. The van der Waals surface area contributed by atoms with E-state index in [2.05, 4.69) is 49.5 Å². The summed E-state index contributed by atoms with van der Waals surface area (Å²) < 4.78 is 8.45. The van der Waals surface area contributed by atoms with Crippen molar-refractivity contribution in [2.75, 3.05) is 0 Å². The van der Waals surface area contributed by atoms with Gasteiger partial charge < -0.3 is 9.75 Å². The first-order valence-electron chi connectivity index (χ1n) is 10.8. The fraction of sp³-hybridized carbons (Fsp3) is 0.727. The van der Waals surface area contributed by atoms with Crippen molar-refractivity contribution in [1.29, 1.82) is 0 Å². The van der Waals surface area contributed by atoms with Crippen LogP contribution in [-0.2, 0) is 19.5 Å². The molecule has 0 saturated heterocycles. The van der Waals surface area contributed by atoms with Gasteiger partial charge in [-0.2, -0.15) is 10.2 Å². The van der Waals surface area contributed by atoms with Crippen molar-refractivity contribution in [2.45, 2.75) is 100 Å². The fourth-order valence-electron chi connectivity index (χ4n) is 3.64. The number of rotatable bonds is 5. The van der Waals surface area contributed by atoms with Gasteiger partial charge in [0.15, 0.2) is 0 Å². The van der Waals surface area contributed by atoms with Crippen LogP contribution in [0, 0.1) is 33.1 Å². The van der Waals surface area contributed by atoms with Crippen molar-refractivity contribution in [3.05, 3.63) is 39.6 Å². The Kier molecular flexibility index (Phi) is 10.8. The Bertz CT molecular complexity index is 770. The topological polar surface area (TPSA) is 72.8 Å². The molecule has 172 valence electrons. The summed E-state index contributed by atoms with van der Waals surface area (Å²) in [6.45, 7) is 27.5. The Morgan fingerprint density at radius 2 is 1.13 bits per heavy atom. The average molecular weight is 515 g/mol. The molecule has 0 aliphatic heterocycles. The Labute approximate surface area is 205 Å². The Morgan fingerprint density at radius 3 is 1.29 bits per heavy atom. The van der Waals surface area contributed by atoms with E-state index < -0.39 is 28.7 Å². The Balaban J connectivity index is 0.000000769. The Morgan fingerprint density at radius 1 is 0.806 bits per heavy atom. The van der Waals surface area contributed by atoms with E-state index in [4.69, 9.17) is 4.65 Å².